The van der Waals surface area contributed by atoms with Crippen LogP contribution in [-0.4, -0.2) is 33.4 Å². The van der Waals surface area contributed by atoms with Gasteiger partial charge in [-0.1, -0.05) is 49.7 Å². The largest absolute Gasteiger partial charge is 0.370 e. The molecule has 0 saturated heterocycles. The highest BCUT2D eigenvalue weighted by Gasteiger charge is 2.33. The molecule has 0 aromatic heterocycles. The van der Waals surface area contributed by atoms with Gasteiger partial charge < -0.3 is 10.2 Å². The minimum atomic E-state index is -0.127. The predicted molar refractivity (Wildman–Crippen MR) is 96.7 cm³/mol. The van der Waals surface area contributed by atoms with E-state index in [9.17, 15) is 4.79 Å². The number of nitrogens with zero attached hydrogens (tertiary/aromatic N) is 1. The Bertz CT molecular complexity index is 554. The van der Waals surface area contributed by atoms with Crippen molar-refractivity contribution in [2.75, 3.05) is 24.5 Å². The number of amides is 1. The molecule has 1 aliphatic heterocycles. The van der Waals surface area contributed by atoms with Crippen LogP contribution in [0.25, 0.3) is 0 Å². The molecule has 122 valence electrons. The molecule has 1 fully saturated rings. The molecule has 0 spiro atoms. The van der Waals surface area contributed by atoms with Crippen LogP contribution in [0.15, 0.2) is 18.2 Å². The fourth-order valence-electron chi connectivity index (χ4n) is 4.15. The highest BCUT2D eigenvalue weighted by atomic mass is 16.1. The number of benzene rings is 1. The molecule has 3 rings (SSSR count). The topological polar surface area (TPSA) is 32.3 Å². The van der Waals surface area contributed by atoms with E-state index in [1.165, 1.54) is 32.1 Å². The monoisotopic (exact) mass is 310 g/mol. The predicted octanol–water partition coefficient (Wildman–Crippen LogP) is 2.49. The third kappa shape index (κ3) is 3.56. The van der Waals surface area contributed by atoms with E-state index in [0.29, 0.717) is 0 Å². The summed E-state index contributed by atoms with van der Waals surface area (Å²) in [4.78, 5) is 14.9. The second-order valence-electron chi connectivity index (χ2n) is 6.96. The number of anilines is 1. The fourth-order valence-corrected chi connectivity index (χ4v) is 4.15. The molecule has 1 unspecified atom stereocenters. The van der Waals surface area contributed by atoms with Gasteiger partial charge in [-0.15, -0.1) is 0 Å². The molecule has 1 atom stereocenters. The molecule has 1 aliphatic carbocycles. The van der Waals surface area contributed by atoms with Crippen LogP contribution in [0.2, 0.25) is 0 Å². The van der Waals surface area contributed by atoms with E-state index in [1.54, 1.807) is 0 Å². The van der Waals surface area contributed by atoms with Crippen molar-refractivity contribution < 1.29 is 4.79 Å². The summed E-state index contributed by atoms with van der Waals surface area (Å²) < 4.78 is 0. The van der Waals surface area contributed by atoms with E-state index in [1.807, 2.05) is 12.1 Å². The zero-order valence-electron chi connectivity index (χ0n) is 14.2. The molecule has 3 nitrogen and oxygen atoms in total. The van der Waals surface area contributed by atoms with Crippen molar-refractivity contribution in [1.82, 2.24) is 5.32 Å². The zero-order valence-corrected chi connectivity index (χ0v) is 14.2. The number of carbonyl (C=O) groups excluding carboxylic acids is 1. The van der Waals surface area contributed by atoms with Crippen LogP contribution in [0.3, 0.4) is 0 Å². The van der Waals surface area contributed by atoms with Crippen LogP contribution in [0.4, 0.5) is 5.69 Å². The summed E-state index contributed by atoms with van der Waals surface area (Å²) in [6.45, 7) is 4.57. The number of nitrogens with one attached hydrogen (secondary N) is 1. The lowest BCUT2D eigenvalue weighted by Gasteiger charge is -2.22. The van der Waals surface area contributed by atoms with Crippen molar-refractivity contribution in [1.29, 1.82) is 0 Å². The van der Waals surface area contributed by atoms with Gasteiger partial charge in [0.2, 0.25) is 5.91 Å². The molecular formula is C19H27BN2O. The van der Waals surface area contributed by atoms with Crippen LogP contribution in [0.1, 0.15) is 56.9 Å². The Balaban J connectivity index is 1.60. The number of hydrogen-bond acceptors (Lipinski definition) is 2. The van der Waals surface area contributed by atoms with Gasteiger partial charge >= 0.3 is 0 Å². The Labute approximate surface area is 141 Å². The minimum absolute atomic E-state index is 0.127. The lowest BCUT2D eigenvalue weighted by Crippen LogP contribution is -2.35. The normalized spacial score (nSPS) is 21.3. The summed E-state index contributed by atoms with van der Waals surface area (Å²) >= 11 is 0. The second-order valence-corrected chi connectivity index (χ2v) is 6.96. The Morgan fingerprint density at radius 3 is 2.83 bits per heavy atom. The molecule has 2 aliphatic rings. The van der Waals surface area contributed by atoms with Gasteiger partial charge in [-0.25, -0.2) is 0 Å². The molecular weight excluding hydrogens is 283 g/mol. The maximum atomic E-state index is 12.7. The average Bonchev–Trinajstić information content (AvgIpc) is 2.96. The van der Waals surface area contributed by atoms with Crippen molar-refractivity contribution >= 4 is 24.9 Å². The third-order valence-electron chi connectivity index (χ3n) is 5.48. The van der Waals surface area contributed by atoms with Gasteiger partial charge in [-0.2, -0.15) is 0 Å². The summed E-state index contributed by atoms with van der Waals surface area (Å²) in [5, 5.41) is 3.16. The van der Waals surface area contributed by atoms with Gasteiger partial charge in [0.25, 0.3) is 0 Å². The standard InChI is InChI=1S/C19H27BN2O/c1-2-22-13-15(18-16(20)9-6-10-17(18)22)19(23)21-12-11-14-7-4-3-5-8-14/h6,9-10,14-15H,2-5,7-8,11-13H2,1H3,(H,21,23). The molecule has 2 radical (unpaired) electrons. The average molecular weight is 310 g/mol. The Morgan fingerprint density at radius 1 is 1.30 bits per heavy atom. The third-order valence-corrected chi connectivity index (χ3v) is 5.48. The van der Waals surface area contributed by atoms with Crippen LogP contribution in [0.5, 0.6) is 0 Å². The number of fused-ring (bicyclic) bond motifs is 1. The number of hydrogen-bond donors (Lipinski definition) is 1. The van der Waals surface area contributed by atoms with E-state index in [2.05, 4.69) is 23.2 Å². The zero-order chi connectivity index (χ0) is 16.2. The van der Waals surface area contributed by atoms with E-state index in [-0.39, 0.29) is 11.8 Å². The molecule has 1 aromatic carbocycles. The lowest BCUT2D eigenvalue weighted by atomic mass is 9.84. The van der Waals surface area contributed by atoms with E-state index < -0.39 is 0 Å². The molecule has 1 N–H and O–H groups in total. The van der Waals surface area contributed by atoms with Gasteiger partial charge in [-0.05, 0) is 30.9 Å². The number of likely N-dealkylation sites (N-methyl/N-ethyl adjacent to an activating group) is 1. The van der Waals surface area contributed by atoms with Crippen LogP contribution < -0.4 is 15.7 Å². The van der Waals surface area contributed by atoms with Gasteiger partial charge in [0, 0.05) is 25.3 Å². The summed E-state index contributed by atoms with van der Waals surface area (Å²) in [6.07, 6.45) is 7.88. The lowest BCUT2D eigenvalue weighted by molar-refractivity contribution is -0.122. The van der Waals surface area contributed by atoms with Gasteiger partial charge in [0.05, 0.1) is 5.92 Å². The first-order valence-electron chi connectivity index (χ1n) is 9.11. The SMILES string of the molecule is [B]c1cccc2c1C(C(=O)NCCC1CCCCC1)CN2CC. The van der Waals surface area contributed by atoms with Crippen molar-refractivity contribution in [3.8, 4) is 0 Å². The highest BCUT2D eigenvalue weighted by Crippen LogP contribution is 2.34. The van der Waals surface area contributed by atoms with E-state index in [4.69, 9.17) is 7.85 Å². The molecule has 1 aromatic rings. The molecule has 4 heteroatoms. The van der Waals surface area contributed by atoms with Crippen molar-refractivity contribution in [2.45, 2.75) is 51.4 Å². The van der Waals surface area contributed by atoms with Crippen molar-refractivity contribution in [3.05, 3.63) is 23.8 Å². The van der Waals surface area contributed by atoms with Crippen LogP contribution in [0, 0.1) is 5.92 Å². The quantitative estimate of drug-likeness (QED) is 0.848. The first-order chi connectivity index (χ1) is 11.2. The van der Waals surface area contributed by atoms with E-state index in [0.717, 1.165) is 48.7 Å². The van der Waals surface area contributed by atoms with Gasteiger partial charge in [-0.3, -0.25) is 4.79 Å². The number of rotatable bonds is 5. The Kier molecular flexibility index (Phi) is 5.29. The van der Waals surface area contributed by atoms with Crippen LogP contribution >= 0.6 is 0 Å². The molecule has 1 amide bonds. The maximum Gasteiger partial charge on any atom is 0.229 e. The first kappa shape index (κ1) is 16.4. The smallest absolute Gasteiger partial charge is 0.229 e. The summed E-state index contributed by atoms with van der Waals surface area (Å²) in [5.41, 5.74) is 2.88. The molecule has 1 heterocycles. The minimum Gasteiger partial charge on any atom is -0.370 e. The van der Waals surface area contributed by atoms with Gasteiger partial charge in [0.1, 0.15) is 7.85 Å². The Morgan fingerprint density at radius 2 is 2.09 bits per heavy atom. The summed E-state index contributed by atoms with van der Waals surface area (Å²) in [7, 11) is 6.16. The maximum absolute atomic E-state index is 12.7. The summed E-state index contributed by atoms with van der Waals surface area (Å²) in [5.74, 6) is 0.811. The molecule has 23 heavy (non-hydrogen) atoms. The second kappa shape index (κ2) is 7.42. The fraction of sp³-hybridized carbons (Fsp3) is 0.632. The van der Waals surface area contributed by atoms with Crippen molar-refractivity contribution in [2.24, 2.45) is 5.92 Å². The Hall–Kier alpha value is -1.45. The van der Waals surface area contributed by atoms with Crippen molar-refractivity contribution in [3.63, 3.8) is 0 Å². The first-order valence-corrected chi connectivity index (χ1v) is 9.11. The highest BCUT2D eigenvalue weighted by molar-refractivity contribution is 6.34. The summed E-state index contributed by atoms with van der Waals surface area (Å²) in [6, 6.07) is 5.95. The molecule has 0 bridgehead atoms. The number of carbonyl (C=O) groups is 1. The van der Waals surface area contributed by atoms with Crippen LogP contribution in [-0.2, 0) is 4.79 Å². The van der Waals surface area contributed by atoms with Gasteiger partial charge in [0.15, 0.2) is 0 Å². The van der Waals surface area contributed by atoms with E-state index >= 15 is 0 Å². The molecule has 1 saturated carbocycles.